The fourth-order valence-electron chi connectivity index (χ4n) is 2.37. The number of ether oxygens (including phenoxy) is 2. The van der Waals surface area contributed by atoms with E-state index in [9.17, 15) is 4.79 Å². The largest absolute Gasteiger partial charge is 0.486 e. The maximum atomic E-state index is 12.0. The van der Waals surface area contributed by atoms with Crippen LogP contribution in [0.1, 0.15) is 16.1 Å². The van der Waals surface area contributed by atoms with Crippen LogP contribution in [0.3, 0.4) is 0 Å². The molecule has 0 saturated carbocycles. The molecule has 3 rings (SSSR count). The summed E-state index contributed by atoms with van der Waals surface area (Å²) in [7, 11) is 1.30. The Balaban J connectivity index is 2.08. The van der Waals surface area contributed by atoms with Crippen molar-refractivity contribution < 1.29 is 14.3 Å². The third-order valence-corrected chi connectivity index (χ3v) is 3.50. The molecule has 0 radical (unpaired) electrons. The molecule has 0 aliphatic heterocycles. The summed E-state index contributed by atoms with van der Waals surface area (Å²) in [6.45, 7) is 0.320. The van der Waals surface area contributed by atoms with Crippen molar-refractivity contribution in [2.45, 2.75) is 6.61 Å². The molecular formula is C18H16N2O3. The summed E-state index contributed by atoms with van der Waals surface area (Å²) >= 11 is 0. The molecule has 116 valence electrons. The lowest BCUT2D eigenvalue weighted by Crippen LogP contribution is -2.11. The topological polar surface area (TPSA) is 74.4 Å². The van der Waals surface area contributed by atoms with Crippen LogP contribution < -0.4 is 10.5 Å². The Morgan fingerprint density at radius 1 is 1.04 bits per heavy atom. The van der Waals surface area contributed by atoms with Crippen molar-refractivity contribution in [3.8, 4) is 5.75 Å². The summed E-state index contributed by atoms with van der Waals surface area (Å²) in [6.07, 6.45) is 0. The monoisotopic (exact) mass is 308 g/mol. The number of benzene rings is 2. The fraction of sp³-hybridized carbons (Fsp3) is 0.111. The quantitative estimate of drug-likeness (QED) is 0.749. The van der Waals surface area contributed by atoms with E-state index in [1.165, 1.54) is 7.11 Å². The summed E-state index contributed by atoms with van der Waals surface area (Å²) < 4.78 is 10.7. The predicted octanol–water partition coefficient (Wildman–Crippen LogP) is 3.18. The van der Waals surface area contributed by atoms with Crippen molar-refractivity contribution in [1.82, 2.24) is 4.98 Å². The first kappa shape index (κ1) is 14.8. The fourth-order valence-corrected chi connectivity index (χ4v) is 2.37. The number of pyridine rings is 1. The number of anilines is 1. The molecule has 2 aromatic carbocycles. The lowest BCUT2D eigenvalue weighted by atomic mass is 10.1. The van der Waals surface area contributed by atoms with Gasteiger partial charge in [0.25, 0.3) is 0 Å². The molecule has 1 heterocycles. The van der Waals surface area contributed by atoms with E-state index >= 15 is 0 Å². The SMILES string of the molecule is COC(=O)c1nc(N)c2ccccc2c1OCc1ccccc1. The van der Waals surface area contributed by atoms with Gasteiger partial charge in [0, 0.05) is 10.8 Å². The number of aromatic nitrogens is 1. The molecule has 0 amide bonds. The van der Waals surface area contributed by atoms with Crippen molar-refractivity contribution in [3.63, 3.8) is 0 Å². The van der Waals surface area contributed by atoms with Crippen LogP contribution in [-0.2, 0) is 11.3 Å². The van der Waals surface area contributed by atoms with E-state index in [2.05, 4.69) is 4.98 Å². The Kier molecular flexibility index (Phi) is 4.10. The number of hydrogen-bond acceptors (Lipinski definition) is 5. The van der Waals surface area contributed by atoms with Gasteiger partial charge in [-0.05, 0) is 5.56 Å². The van der Waals surface area contributed by atoms with E-state index in [0.717, 1.165) is 16.3 Å². The molecule has 5 heteroatoms. The van der Waals surface area contributed by atoms with Crippen molar-refractivity contribution in [2.24, 2.45) is 0 Å². The maximum Gasteiger partial charge on any atom is 0.360 e. The highest BCUT2D eigenvalue weighted by Crippen LogP contribution is 2.32. The zero-order chi connectivity index (χ0) is 16.2. The molecule has 5 nitrogen and oxygen atoms in total. The Labute approximate surface area is 133 Å². The normalized spacial score (nSPS) is 10.5. The second-order valence-electron chi connectivity index (χ2n) is 4.99. The predicted molar refractivity (Wildman–Crippen MR) is 88.3 cm³/mol. The second kappa shape index (κ2) is 6.36. The highest BCUT2D eigenvalue weighted by Gasteiger charge is 2.20. The summed E-state index contributed by atoms with van der Waals surface area (Å²) in [4.78, 5) is 16.2. The van der Waals surface area contributed by atoms with E-state index in [4.69, 9.17) is 15.2 Å². The minimum atomic E-state index is -0.578. The molecule has 0 aliphatic rings. The number of nitrogens with two attached hydrogens (primary N) is 1. The van der Waals surface area contributed by atoms with Crippen LogP contribution in [0.25, 0.3) is 10.8 Å². The van der Waals surface area contributed by atoms with E-state index in [1.807, 2.05) is 54.6 Å². The van der Waals surface area contributed by atoms with Crippen molar-refractivity contribution in [1.29, 1.82) is 0 Å². The summed E-state index contributed by atoms with van der Waals surface area (Å²) in [5.41, 5.74) is 7.02. The third-order valence-electron chi connectivity index (χ3n) is 3.50. The van der Waals surface area contributed by atoms with Crippen molar-refractivity contribution >= 4 is 22.6 Å². The zero-order valence-electron chi connectivity index (χ0n) is 12.7. The van der Waals surface area contributed by atoms with Gasteiger partial charge in [-0.3, -0.25) is 0 Å². The maximum absolute atomic E-state index is 12.0. The average Bonchev–Trinajstić information content (AvgIpc) is 2.61. The number of methoxy groups -OCH3 is 1. The van der Waals surface area contributed by atoms with Crippen LogP contribution in [0.2, 0.25) is 0 Å². The van der Waals surface area contributed by atoms with E-state index < -0.39 is 5.97 Å². The third kappa shape index (κ3) is 2.94. The molecule has 0 fully saturated rings. The van der Waals surface area contributed by atoms with Crippen LogP contribution in [0.4, 0.5) is 5.82 Å². The second-order valence-corrected chi connectivity index (χ2v) is 4.99. The molecule has 0 unspecified atom stereocenters. The Bertz CT molecular complexity index is 848. The Morgan fingerprint density at radius 2 is 1.70 bits per heavy atom. The lowest BCUT2D eigenvalue weighted by molar-refractivity contribution is 0.0589. The molecule has 0 bridgehead atoms. The molecule has 1 aromatic heterocycles. The van der Waals surface area contributed by atoms with Gasteiger partial charge in [-0.15, -0.1) is 0 Å². The smallest absolute Gasteiger partial charge is 0.360 e. The molecule has 0 spiro atoms. The molecule has 3 aromatic rings. The van der Waals surface area contributed by atoms with Crippen LogP contribution in [0.5, 0.6) is 5.75 Å². The number of hydrogen-bond donors (Lipinski definition) is 1. The number of nitrogens with zero attached hydrogens (tertiary/aromatic N) is 1. The van der Waals surface area contributed by atoms with Gasteiger partial charge >= 0.3 is 5.97 Å². The summed E-state index contributed by atoms with van der Waals surface area (Å²) in [5, 5.41) is 1.47. The standard InChI is InChI=1S/C18H16N2O3/c1-22-18(21)15-16(23-11-12-7-3-2-4-8-12)13-9-5-6-10-14(13)17(19)20-15/h2-10H,11H2,1H3,(H2,19,20). The average molecular weight is 308 g/mol. The highest BCUT2D eigenvalue weighted by atomic mass is 16.5. The van der Waals surface area contributed by atoms with Gasteiger partial charge in [0.2, 0.25) is 0 Å². The van der Waals surface area contributed by atoms with Gasteiger partial charge in [0.05, 0.1) is 7.11 Å². The van der Waals surface area contributed by atoms with Gasteiger partial charge < -0.3 is 15.2 Å². The van der Waals surface area contributed by atoms with Crippen LogP contribution in [-0.4, -0.2) is 18.1 Å². The summed E-state index contributed by atoms with van der Waals surface area (Å²) in [5.74, 6) is 0.0732. The molecule has 2 N–H and O–H groups in total. The van der Waals surface area contributed by atoms with Crippen LogP contribution >= 0.6 is 0 Å². The minimum absolute atomic E-state index is 0.0830. The van der Waals surface area contributed by atoms with Crippen molar-refractivity contribution in [2.75, 3.05) is 12.8 Å². The summed E-state index contributed by atoms with van der Waals surface area (Å²) in [6, 6.07) is 17.1. The van der Waals surface area contributed by atoms with Gasteiger partial charge in [-0.25, -0.2) is 9.78 Å². The number of rotatable bonds is 4. The first-order valence-corrected chi connectivity index (χ1v) is 7.14. The molecule has 0 saturated heterocycles. The minimum Gasteiger partial charge on any atom is -0.486 e. The van der Waals surface area contributed by atoms with Gasteiger partial charge in [-0.1, -0.05) is 54.6 Å². The molecule has 0 atom stereocenters. The van der Waals surface area contributed by atoms with Crippen LogP contribution in [0.15, 0.2) is 54.6 Å². The molecular weight excluding hydrogens is 292 g/mol. The van der Waals surface area contributed by atoms with Gasteiger partial charge in [-0.2, -0.15) is 0 Å². The van der Waals surface area contributed by atoms with Gasteiger partial charge in [0.15, 0.2) is 11.4 Å². The number of carbonyl (C=O) groups excluding carboxylic acids is 1. The van der Waals surface area contributed by atoms with E-state index in [1.54, 1.807) is 0 Å². The first-order valence-electron chi connectivity index (χ1n) is 7.14. The zero-order valence-corrected chi connectivity index (χ0v) is 12.7. The number of nitrogen functional groups attached to an aromatic ring is 1. The molecule has 23 heavy (non-hydrogen) atoms. The highest BCUT2D eigenvalue weighted by molar-refractivity contribution is 6.03. The van der Waals surface area contributed by atoms with Crippen LogP contribution in [0, 0.1) is 0 Å². The lowest BCUT2D eigenvalue weighted by Gasteiger charge is -2.14. The Morgan fingerprint density at radius 3 is 2.39 bits per heavy atom. The Hall–Kier alpha value is -3.08. The van der Waals surface area contributed by atoms with E-state index in [-0.39, 0.29) is 11.5 Å². The number of fused-ring (bicyclic) bond motifs is 1. The first-order chi connectivity index (χ1) is 11.2. The van der Waals surface area contributed by atoms with E-state index in [0.29, 0.717) is 12.4 Å². The molecule has 0 aliphatic carbocycles. The van der Waals surface area contributed by atoms with Crippen molar-refractivity contribution in [3.05, 3.63) is 65.9 Å². The number of carbonyl (C=O) groups is 1. The van der Waals surface area contributed by atoms with Gasteiger partial charge in [0.1, 0.15) is 12.4 Å². The number of esters is 1.